The van der Waals surface area contributed by atoms with Crippen LogP contribution in [0, 0.1) is 5.82 Å². The van der Waals surface area contributed by atoms with Gasteiger partial charge in [-0.1, -0.05) is 0 Å². The molecule has 0 heterocycles. The van der Waals surface area contributed by atoms with Gasteiger partial charge in [0.2, 0.25) is 0 Å². The Hall–Kier alpha value is -1.16. The Kier molecular flexibility index (Phi) is 3.19. The van der Waals surface area contributed by atoms with E-state index in [9.17, 15) is 8.78 Å². The van der Waals surface area contributed by atoms with Crippen molar-refractivity contribution in [3.8, 4) is 5.75 Å². The first-order valence-electron chi connectivity index (χ1n) is 3.77. The number of benzene rings is 1. The number of rotatable bonds is 3. The Morgan fingerprint density at radius 1 is 1.54 bits per heavy atom. The normalized spacial score (nSPS) is 12.6. The van der Waals surface area contributed by atoms with Crippen LogP contribution in [0.5, 0.6) is 5.75 Å². The molecule has 0 bridgehead atoms. The second kappa shape index (κ2) is 4.18. The molecule has 1 rings (SSSR count). The van der Waals surface area contributed by atoms with Gasteiger partial charge >= 0.3 is 0 Å². The lowest BCUT2D eigenvalue weighted by molar-refractivity contribution is 0.176. The van der Waals surface area contributed by atoms with Crippen LogP contribution in [0.3, 0.4) is 0 Å². The number of methoxy groups -OCH3 is 1. The summed E-state index contributed by atoms with van der Waals surface area (Å²) in [7, 11) is 1.32. The van der Waals surface area contributed by atoms with E-state index in [1.807, 2.05) is 0 Å². The van der Waals surface area contributed by atoms with Gasteiger partial charge in [-0.05, 0) is 12.1 Å². The number of aliphatic hydroxyl groups excluding tert-OH is 1. The number of aliphatic hydroxyl groups is 1. The first-order valence-corrected chi connectivity index (χ1v) is 3.77. The first-order chi connectivity index (χ1) is 6.19. The Morgan fingerprint density at radius 2 is 2.23 bits per heavy atom. The van der Waals surface area contributed by atoms with Gasteiger partial charge in [0.25, 0.3) is 0 Å². The maximum atomic E-state index is 13.0. The lowest BCUT2D eigenvalue weighted by atomic mass is 10.1. The van der Waals surface area contributed by atoms with Crippen LogP contribution in [0.15, 0.2) is 18.2 Å². The molecule has 0 spiro atoms. The summed E-state index contributed by atoms with van der Waals surface area (Å²) in [6, 6.07) is 3.46. The summed E-state index contributed by atoms with van der Waals surface area (Å²) in [6.45, 7) is -0.637. The molecule has 0 fully saturated rings. The highest BCUT2D eigenvalue weighted by Crippen LogP contribution is 2.27. The van der Waals surface area contributed by atoms with Crippen LogP contribution < -0.4 is 4.74 Å². The third-order valence-electron chi connectivity index (χ3n) is 1.69. The minimum atomic E-state index is -1.53. The number of alkyl halides is 1. The molecule has 0 aliphatic heterocycles. The van der Waals surface area contributed by atoms with E-state index in [0.717, 1.165) is 12.1 Å². The molecular formula is C9H10F2O2. The SMILES string of the molecule is COc1cc(F)ccc1C(F)CO. The average Bonchev–Trinajstić information content (AvgIpc) is 2.16. The molecule has 72 valence electrons. The van der Waals surface area contributed by atoms with Gasteiger partial charge in [-0.3, -0.25) is 0 Å². The van der Waals surface area contributed by atoms with E-state index >= 15 is 0 Å². The second-order valence-electron chi connectivity index (χ2n) is 2.54. The molecule has 4 heteroatoms. The summed E-state index contributed by atoms with van der Waals surface area (Å²) >= 11 is 0. The monoisotopic (exact) mass is 188 g/mol. The van der Waals surface area contributed by atoms with Gasteiger partial charge in [0.15, 0.2) is 6.17 Å². The van der Waals surface area contributed by atoms with Crippen molar-refractivity contribution < 1.29 is 18.6 Å². The Balaban J connectivity index is 3.05. The van der Waals surface area contributed by atoms with Crippen molar-refractivity contribution in [1.82, 2.24) is 0 Å². The van der Waals surface area contributed by atoms with Crippen molar-refractivity contribution in [2.45, 2.75) is 6.17 Å². The van der Waals surface area contributed by atoms with Crippen molar-refractivity contribution in [3.63, 3.8) is 0 Å². The molecule has 1 aromatic rings. The molecule has 0 radical (unpaired) electrons. The topological polar surface area (TPSA) is 29.5 Å². The van der Waals surface area contributed by atoms with Crippen molar-refractivity contribution in [2.24, 2.45) is 0 Å². The van der Waals surface area contributed by atoms with Crippen LogP contribution in [0.4, 0.5) is 8.78 Å². The molecule has 0 aromatic heterocycles. The Bertz CT molecular complexity index is 289. The molecule has 2 nitrogen and oxygen atoms in total. The second-order valence-corrected chi connectivity index (χ2v) is 2.54. The van der Waals surface area contributed by atoms with Crippen LogP contribution in [0.1, 0.15) is 11.7 Å². The molecular weight excluding hydrogens is 178 g/mol. The van der Waals surface area contributed by atoms with Crippen LogP contribution in [0.25, 0.3) is 0 Å². The zero-order chi connectivity index (χ0) is 9.84. The van der Waals surface area contributed by atoms with Gasteiger partial charge in [0.05, 0.1) is 13.7 Å². The van der Waals surface area contributed by atoms with E-state index in [0.29, 0.717) is 0 Å². The predicted molar refractivity (Wildman–Crippen MR) is 43.9 cm³/mol. The van der Waals surface area contributed by atoms with Crippen LogP contribution >= 0.6 is 0 Å². The van der Waals surface area contributed by atoms with E-state index < -0.39 is 18.6 Å². The first kappa shape index (κ1) is 9.92. The molecule has 0 saturated heterocycles. The highest BCUT2D eigenvalue weighted by atomic mass is 19.1. The zero-order valence-corrected chi connectivity index (χ0v) is 7.13. The Labute approximate surface area is 74.8 Å². The smallest absolute Gasteiger partial charge is 0.152 e. The van der Waals surface area contributed by atoms with Crippen LogP contribution in [-0.2, 0) is 0 Å². The number of hydrogen-bond donors (Lipinski definition) is 1. The molecule has 1 unspecified atom stereocenters. The van der Waals surface area contributed by atoms with Crippen molar-refractivity contribution in [1.29, 1.82) is 0 Å². The molecule has 0 amide bonds. The molecule has 0 aliphatic carbocycles. The highest BCUT2D eigenvalue weighted by Gasteiger charge is 2.14. The number of ether oxygens (including phenoxy) is 1. The molecule has 0 saturated carbocycles. The van der Waals surface area contributed by atoms with E-state index in [-0.39, 0.29) is 11.3 Å². The fraction of sp³-hybridized carbons (Fsp3) is 0.333. The zero-order valence-electron chi connectivity index (χ0n) is 7.13. The summed E-state index contributed by atoms with van der Waals surface area (Å²) in [5.74, 6) is -0.382. The highest BCUT2D eigenvalue weighted by molar-refractivity contribution is 5.35. The van der Waals surface area contributed by atoms with Crippen molar-refractivity contribution in [3.05, 3.63) is 29.6 Å². The fourth-order valence-corrected chi connectivity index (χ4v) is 1.04. The Morgan fingerprint density at radius 3 is 2.77 bits per heavy atom. The van der Waals surface area contributed by atoms with E-state index in [1.54, 1.807) is 0 Å². The standard InChI is InChI=1S/C9H10F2O2/c1-13-9-4-6(10)2-3-7(9)8(11)5-12/h2-4,8,12H,5H2,1H3. The lowest BCUT2D eigenvalue weighted by Gasteiger charge is -2.10. The fourth-order valence-electron chi connectivity index (χ4n) is 1.04. The quantitative estimate of drug-likeness (QED) is 0.784. The van der Waals surface area contributed by atoms with Gasteiger partial charge in [0, 0.05) is 11.6 Å². The minimum Gasteiger partial charge on any atom is -0.496 e. The maximum absolute atomic E-state index is 13.0. The van der Waals surface area contributed by atoms with Gasteiger partial charge in [-0.25, -0.2) is 8.78 Å². The molecule has 0 aliphatic rings. The predicted octanol–water partition coefficient (Wildman–Crippen LogP) is 1.84. The molecule has 1 atom stereocenters. The molecule has 1 N–H and O–H groups in total. The van der Waals surface area contributed by atoms with Gasteiger partial charge in [0.1, 0.15) is 11.6 Å². The van der Waals surface area contributed by atoms with E-state index in [2.05, 4.69) is 0 Å². The summed E-state index contributed by atoms with van der Waals surface area (Å²) in [6.07, 6.45) is -1.53. The van der Waals surface area contributed by atoms with E-state index in [1.165, 1.54) is 13.2 Å². The average molecular weight is 188 g/mol. The van der Waals surface area contributed by atoms with Crippen molar-refractivity contribution >= 4 is 0 Å². The summed E-state index contributed by atoms with van der Waals surface area (Å²) < 4.78 is 30.4. The van der Waals surface area contributed by atoms with Gasteiger partial charge in [-0.2, -0.15) is 0 Å². The number of halogens is 2. The minimum absolute atomic E-state index is 0.113. The van der Waals surface area contributed by atoms with Gasteiger partial charge < -0.3 is 9.84 Å². The largest absolute Gasteiger partial charge is 0.496 e. The third kappa shape index (κ3) is 2.15. The van der Waals surface area contributed by atoms with Crippen molar-refractivity contribution in [2.75, 3.05) is 13.7 Å². The summed E-state index contributed by atoms with van der Waals surface area (Å²) in [5.41, 5.74) is 0.159. The summed E-state index contributed by atoms with van der Waals surface area (Å²) in [5, 5.41) is 8.55. The van der Waals surface area contributed by atoms with E-state index in [4.69, 9.17) is 9.84 Å². The molecule has 13 heavy (non-hydrogen) atoms. The maximum Gasteiger partial charge on any atom is 0.152 e. The van der Waals surface area contributed by atoms with Crippen LogP contribution in [-0.4, -0.2) is 18.8 Å². The third-order valence-corrected chi connectivity index (χ3v) is 1.69. The number of hydrogen-bond acceptors (Lipinski definition) is 2. The van der Waals surface area contributed by atoms with Gasteiger partial charge in [-0.15, -0.1) is 0 Å². The summed E-state index contributed by atoms with van der Waals surface area (Å²) in [4.78, 5) is 0. The van der Waals surface area contributed by atoms with Crippen LogP contribution in [0.2, 0.25) is 0 Å². The lowest BCUT2D eigenvalue weighted by Crippen LogP contribution is -2.00. The molecule has 1 aromatic carbocycles.